The maximum atomic E-state index is 12.7. The quantitative estimate of drug-likeness (QED) is 0.614. The molecule has 1 aliphatic rings. The number of thiazole rings is 1. The number of anilines is 2. The van der Waals surface area contributed by atoms with Gasteiger partial charge in [-0.1, -0.05) is 0 Å². The molecule has 31 heavy (non-hydrogen) atoms. The van der Waals surface area contributed by atoms with E-state index in [2.05, 4.69) is 10.3 Å². The summed E-state index contributed by atoms with van der Waals surface area (Å²) < 4.78 is 15.6. The van der Waals surface area contributed by atoms with Gasteiger partial charge in [-0.2, -0.15) is 0 Å². The van der Waals surface area contributed by atoms with Crippen molar-refractivity contribution < 1.29 is 23.8 Å². The summed E-state index contributed by atoms with van der Waals surface area (Å²) in [6.07, 6.45) is -0.377. The Labute approximate surface area is 183 Å². The lowest BCUT2D eigenvalue weighted by Crippen LogP contribution is -2.23. The molecule has 1 aliphatic heterocycles. The molecule has 0 bridgehead atoms. The monoisotopic (exact) mass is 439 g/mol. The molecule has 3 aromatic rings. The Bertz CT molecular complexity index is 1130. The molecule has 0 radical (unpaired) electrons. The van der Waals surface area contributed by atoms with E-state index < -0.39 is 0 Å². The summed E-state index contributed by atoms with van der Waals surface area (Å²) in [7, 11) is 3.17. The van der Waals surface area contributed by atoms with Gasteiger partial charge in [0, 0.05) is 21.7 Å². The van der Waals surface area contributed by atoms with Crippen molar-refractivity contribution in [2.75, 3.05) is 37.6 Å². The van der Waals surface area contributed by atoms with Crippen molar-refractivity contribution in [3.8, 4) is 22.8 Å². The maximum absolute atomic E-state index is 12.7. The van der Waals surface area contributed by atoms with Crippen LogP contribution in [0.15, 0.2) is 42.5 Å². The molecule has 160 valence electrons. The van der Waals surface area contributed by atoms with E-state index in [1.807, 2.05) is 25.1 Å². The highest BCUT2D eigenvalue weighted by Crippen LogP contribution is 2.36. The normalized spacial score (nSPS) is 13.1. The molecule has 1 saturated heterocycles. The second kappa shape index (κ2) is 8.65. The average molecular weight is 439 g/mol. The largest absolute Gasteiger partial charge is 0.493 e. The van der Waals surface area contributed by atoms with Crippen molar-refractivity contribution in [3.63, 3.8) is 0 Å². The molecule has 0 unspecified atom stereocenters. The fourth-order valence-electron chi connectivity index (χ4n) is 3.29. The van der Waals surface area contributed by atoms with Gasteiger partial charge in [-0.25, -0.2) is 9.78 Å². The van der Waals surface area contributed by atoms with Crippen molar-refractivity contribution in [1.82, 2.24) is 4.98 Å². The van der Waals surface area contributed by atoms with Gasteiger partial charge in [-0.3, -0.25) is 15.0 Å². The lowest BCUT2D eigenvalue weighted by atomic mass is 10.1. The number of rotatable bonds is 6. The topological polar surface area (TPSA) is 90.0 Å². The molecule has 8 nitrogen and oxygen atoms in total. The first-order valence-electron chi connectivity index (χ1n) is 9.55. The van der Waals surface area contributed by atoms with Gasteiger partial charge in [0.05, 0.1) is 26.5 Å². The SMILES string of the molecule is COc1ccc(-c2nc(NC(=O)c3ccc(N4CCOC4=O)cc3)sc2C)cc1OC. The zero-order chi connectivity index (χ0) is 22.0. The molecule has 0 saturated carbocycles. The van der Waals surface area contributed by atoms with Crippen molar-refractivity contribution in [2.24, 2.45) is 0 Å². The predicted octanol–water partition coefficient (Wildman–Crippen LogP) is 4.34. The standard InChI is InChI=1S/C22H21N3O5S/c1-13-19(15-6-9-17(28-2)18(12-15)29-3)23-21(31-13)24-20(26)14-4-7-16(8-5-14)25-10-11-30-22(25)27/h4-9,12H,10-11H2,1-3H3,(H,23,24,26). The van der Waals surface area contributed by atoms with Crippen molar-refractivity contribution in [2.45, 2.75) is 6.92 Å². The van der Waals surface area contributed by atoms with E-state index in [9.17, 15) is 9.59 Å². The molecule has 9 heteroatoms. The van der Waals surface area contributed by atoms with Crippen LogP contribution in [0.25, 0.3) is 11.3 Å². The first-order valence-corrected chi connectivity index (χ1v) is 10.4. The highest BCUT2D eigenvalue weighted by atomic mass is 32.1. The highest BCUT2D eigenvalue weighted by Gasteiger charge is 2.23. The Balaban J connectivity index is 1.50. The minimum Gasteiger partial charge on any atom is -0.493 e. The molecule has 2 amide bonds. The number of carbonyl (C=O) groups is 2. The number of cyclic esters (lactones) is 1. The lowest BCUT2D eigenvalue weighted by molar-refractivity contribution is 0.102. The van der Waals surface area contributed by atoms with Crippen LogP contribution in [0.4, 0.5) is 15.6 Å². The molecular weight excluding hydrogens is 418 g/mol. The van der Waals surface area contributed by atoms with E-state index in [1.54, 1.807) is 38.5 Å². The van der Waals surface area contributed by atoms with Crippen LogP contribution in [-0.4, -0.2) is 44.4 Å². The molecular formula is C22H21N3O5S. The summed E-state index contributed by atoms with van der Waals surface area (Å²) in [4.78, 5) is 31.4. The first-order chi connectivity index (χ1) is 15.0. The number of benzene rings is 2. The summed E-state index contributed by atoms with van der Waals surface area (Å²) in [5, 5.41) is 3.34. The van der Waals surface area contributed by atoms with Gasteiger partial charge >= 0.3 is 6.09 Å². The number of hydrogen-bond acceptors (Lipinski definition) is 7. The van der Waals surface area contributed by atoms with Crippen LogP contribution in [0, 0.1) is 6.92 Å². The van der Waals surface area contributed by atoms with Crippen LogP contribution in [-0.2, 0) is 4.74 Å². The van der Waals surface area contributed by atoms with E-state index in [4.69, 9.17) is 14.2 Å². The van der Waals surface area contributed by atoms with Crippen molar-refractivity contribution in [1.29, 1.82) is 0 Å². The van der Waals surface area contributed by atoms with Crippen LogP contribution >= 0.6 is 11.3 Å². The maximum Gasteiger partial charge on any atom is 0.414 e. The zero-order valence-corrected chi connectivity index (χ0v) is 18.1. The van der Waals surface area contributed by atoms with E-state index >= 15 is 0 Å². The van der Waals surface area contributed by atoms with Crippen LogP contribution in [0.2, 0.25) is 0 Å². The lowest BCUT2D eigenvalue weighted by Gasteiger charge is -2.12. The Hall–Kier alpha value is -3.59. The van der Waals surface area contributed by atoms with Gasteiger partial charge in [0.1, 0.15) is 6.61 Å². The number of nitrogens with one attached hydrogen (secondary N) is 1. The van der Waals surface area contributed by atoms with Gasteiger partial charge in [-0.15, -0.1) is 11.3 Å². The number of hydrogen-bond donors (Lipinski definition) is 1. The number of nitrogens with zero attached hydrogens (tertiary/aromatic N) is 2. The fraction of sp³-hybridized carbons (Fsp3) is 0.227. The number of ether oxygens (including phenoxy) is 3. The van der Waals surface area contributed by atoms with Crippen LogP contribution in [0.5, 0.6) is 11.5 Å². The first kappa shape index (κ1) is 20.7. The number of amides is 2. The number of aromatic nitrogens is 1. The molecule has 4 rings (SSSR count). The third kappa shape index (κ3) is 4.17. The van der Waals surface area contributed by atoms with E-state index in [-0.39, 0.29) is 12.0 Å². The number of methoxy groups -OCH3 is 2. The average Bonchev–Trinajstić information content (AvgIpc) is 3.38. The number of aryl methyl sites for hydroxylation is 1. The summed E-state index contributed by atoms with van der Waals surface area (Å²) in [5.74, 6) is 0.974. The molecule has 2 aromatic carbocycles. The molecule has 2 heterocycles. The van der Waals surface area contributed by atoms with Crippen LogP contribution in [0.1, 0.15) is 15.2 Å². The van der Waals surface area contributed by atoms with E-state index in [0.29, 0.717) is 41.0 Å². The molecule has 1 N–H and O–H groups in total. The minimum atomic E-state index is -0.377. The second-order valence-corrected chi connectivity index (χ2v) is 7.96. The summed E-state index contributed by atoms with van der Waals surface area (Å²) in [6, 6.07) is 12.4. The Morgan fingerprint density at radius 1 is 1.13 bits per heavy atom. The minimum absolute atomic E-state index is 0.275. The summed E-state index contributed by atoms with van der Waals surface area (Å²) in [5.41, 5.74) is 2.80. The third-order valence-electron chi connectivity index (χ3n) is 4.88. The van der Waals surface area contributed by atoms with Crippen LogP contribution < -0.4 is 19.7 Å². The summed E-state index contributed by atoms with van der Waals surface area (Å²) in [6.45, 7) is 2.82. The van der Waals surface area contributed by atoms with Gasteiger partial charge < -0.3 is 14.2 Å². The second-order valence-electron chi connectivity index (χ2n) is 6.76. The Morgan fingerprint density at radius 2 is 1.87 bits per heavy atom. The molecule has 0 spiro atoms. The Kier molecular flexibility index (Phi) is 5.77. The molecule has 1 fully saturated rings. The van der Waals surface area contributed by atoms with Gasteiger partial charge in [0.2, 0.25) is 0 Å². The van der Waals surface area contributed by atoms with Crippen molar-refractivity contribution in [3.05, 3.63) is 52.9 Å². The van der Waals surface area contributed by atoms with E-state index in [1.165, 1.54) is 16.2 Å². The molecule has 0 aliphatic carbocycles. The van der Waals surface area contributed by atoms with Crippen LogP contribution in [0.3, 0.4) is 0 Å². The predicted molar refractivity (Wildman–Crippen MR) is 118 cm³/mol. The van der Waals surface area contributed by atoms with E-state index in [0.717, 1.165) is 16.1 Å². The number of carbonyl (C=O) groups excluding carboxylic acids is 2. The zero-order valence-electron chi connectivity index (χ0n) is 17.3. The van der Waals surface area contributed by atoms with Gasteiger partial charge in [0.25, 0.3) is 5.91 Å². The molecule has 0 atom stereocenters. The summed E-state index contributed by atoms with van der Waals surface area (Å²) >= 11 is 1.39. The Morgan fingerprint density at radius 3 is 2.52 bits per heavy atom. The third-order valence-corrected chi connectivity index (χ3v) is 5.76. The van der Waals surface area contributed by atoms with Gasteiger partial charge in [-0.05, 0) is 49.4 Å². The fourth-order valence-corrected chi connectivity index (χ4v) is 4.12. The highest BCUT2D eigenvalue weighted by molar-refractivity contribution is 7.16. The molecule has 1 aromatic heterocycles. The van der Waals surface area contributed by atoms with Crippen molar-refractivity contribution >= 4 is 34.2 Å². The smallest absolute Gasteiger partial charge is 0.414 e. The van der Waals surface area contributed by atoms with Gasteiger partial charge in [0.15, 0.2) is 16.6 Å².